The van der Waals surface area contributed by atoms with Gasteiger partial charge in [0, 0.05) is 26.7 Å². The number of rotatable bonds is 7. The fourth-order valence-electron chi connectivity index (χ4n) is 1.73. The Bertz CT molecular complexity index is 250. The van der Waals surface area contributed by atoms with Gasteiger partial charge in [0.1, 0.15) is 6.10 Å². The lowest BCUT2D eigenvalue weighted by Gasteiger charge is -2.30. The van der Waals surface area contributed by atoms with E-state index in [9.17, 15) is 4.79 Å². The maximum Gasteiger partial charge on any atom is 0.248 e. The van der Waals surface area contributed by atoms with Gasteiger partial charge >= 0.3 is 0 Å². The Kier molecular flexibility index (Phi) is 7.19. The van der Waals surface area contributed by atoms with Crippen LogP contribution < -0.4 is 5.32 Å². The Morgan fingerprint density at radius 1 is 1.56 bits per heavy atom. The third-order valence-electron chi connectivity index (χ3n) is 2.87. The molecule has 106 valence electrons. The first-order valence-electron chi connectivity index (χ1n) is 6.32. The third-order valence-corrected chi connectivity index (χ3v) is 2.87. The molecule has 1 heterocycles. The molecule has 6 heteroatoms. The highest BCUT2D eigenvalue weighted by Gasteiger charge is 2.20. The molecular formula is C12H24N2O4. The minimum absolute atomic E-state index is 0.0684. The Hall–Kier alpha value is -0.690. The van der Waals surface area contributed by atoms with Gasteiger partial charge in [-0.2, -0.15) is 0 Å². The number of nitrogens with zero attached hydrogens (tertiary/aromatic N) is 1. The van der Waals surface area contributed by atoms with Gasteiger partial charge in [-0.3, -0.25) is 4.79 Å². The third kappa shape index (κ3) is 5.77. The normalized spacial score (nSPS) is 22.7. The van der Waals surface area contributed by atoms with E-state index in [1.54, 1.807) is 14.0 Å². The Balaban J connectivity index is 2.15. The van der Waals surface area contributed by atoms with Gasteiger partial charge in [0.15, 0.2) is 0 Å². The van der Waals surface area contributed by atoms with Gasteiger partial charge in [-0.1, -0.05) is 0 Å². The van der Waals surface area contributed by atoms with Gasteiger partial charge in [0.2, 0.25) is 5.91 Å². The van der Waals surface area contributed by atoms with Crippen LogP contribution in [-0.4, -0.2) is 76.6 Å². The summed E-state index contributed by atoms with van der Waals surface area (Å²) < 4.78 is 15.7. The molecule has 1 fully saturated rings. The first kappa shape index (κ1) is 15.4. The van der Waals surface area contributed by atoms with Crippen LogP contribution in [0.4, 0.5) is 0 Å². The van der Waals surface area contributed by atoms with Crippen LogP contribution in [0.15, 0.2) is 0 Å². The molecule has 2 atom stereocenters. The molecule has 1 aliphatic rings. The van der Waals surface area contributed by atoms with Crippen LogP contribution in [0.2, 0.25) is 0 Å². The second kappa shape index (κ2) is 8.42. The summed E-state index contributed by atoms with van der Waals surface area (Å²) in [5, 5.41) is 2.84. The maximum absolute atomic E-state index is 11.7. The van der Waals surface area contributed by atoms with E-state index < -0.39 is 6.10 Å². The van der Waals surface area contributed by atoms with Crippen LogP contribution in [-0.2, 0) is 19.0 Å². The molecular weight excluding hydrogens is 236 g/mol. The number of ether oxygens (including phenoxy) is 3. The molecule has 0 aromatic rings. The molecule has 1 rings (SSSR count). The molecule has 0 aromatic carbocycles. The molecule has 0 saturated carbocycles. The Labute approximate surface area is 109 Å². The second-order valence-electron chi connectivity index (χ2n) is 4.51. The minimum atomic E-state index is -0.457. The summed E-state index contributed by atoms with van der Waals surface area (Å²) in [6.45, 7) is 5.69. The van der Waals surface area contributed by atoms with Crippen LogP contribution in [0.5, 0.6) is 0 Å². The Morgan fingerprint density at radius 2 is 2.33 bits per heavy atom. The van der Waals surface area contributed by atoms with E-state index in [0.29, 0.717) is 19.8 Å². The van der Waals surface area contributed by atoms with Gasteiger partial charge in [0.05, 0.1) is 25.9 Å². The van der Waals surface area contributed by atoms with Crippen LogP contribution in [0.1, 0.15) is 6.92 Å². The molecule has 0 radical (unpaired) electrons. The van der Waals surface area contributed by atoms with Crippen molar-refractivity contribution in [2.75, 3.05) is 53.6 Å². The highest BCUT2D eigenvalue weighted by atomic mass is 16.5. The average Bonchev–Trinajstić information content (AvgIpc) is 2.36. The van der Waals surface area contributed by atoms with E-state index in [1.807, 2.05) is 7.05 Å². The van der Waals surface area contributed by atoms with E-state index in [2.05, 4.69) is 10.2 Å². The lowest BCUT2D eigenvalue weighted by atomic mass is 10.2. The summed E-state index contributed by atoms with van der Waals surface area (Å²) in [4.78, 5) is 13.9. The quantitative estimate of drug-likeness (QED) is 0.625. The van der Waals surface area contributed by atoms with E-state index in [1.165, 1.54) is 0 Å². The van der Waals surface area contributed by atoms with Gasteiger partial charge in [0.25, 0.3) is 0 Å². The van der Waals surface area contributed by atoms with Crippen LogP contribution in [0.25, 0.3) is 0 Å². The van der Waals surface area contributed by atoms with Crippen molar-refractivity contribution >= 4 is 5.91 Å². The van der Waals surface area contributed by atoms with Crippen LogP contribution in [0.3, 0.4) is 0 Å². The molecule has 0 spiro atoms. The number of hydrogen-bond acceptors (Lipinski definition) is 5. The van der Waals surface area contributed by atoms with Crippen LogP contribution >= 0.6 is 0 Å². The van der Waals surface area contributed by atoms with Gasteiger partial charge in [-0.25, -0.2) is 0 Å². The number of methoxy groups -OCH3 is 1. The molecule has 0 aliphatic carbocycles. The molecule has 1 amide bonds. The number of hydrogen-bond donors (Lipinski definition) is 1. The molecule has 18 heavy (non-hydrogen) atoms. The largest absolute Gasteiger partial charge is 0.382 e. The van der Waals surface area contributed by atoms with Crippen LogP contribution in [0, 0.1) is 0 Å². The predicted octanol–water partition coefficient (Wildman–Crippen LogP) is -0.515. The summed E-state index contributed by atoms with van der Waals surface area (Å²) >= 11 is 0. The zero-order valence-corrected chi connectivity index (χ0v) is 11.5. The molecule has 1 N–H and O–H groups in total. The van der Waals surface area contributed by atoms with Crippen molar-refractivity contribution in [3.05, 3.63) is 0 Å². The van der Waals surface area contributed by atoms with Crippen molar-refractivity contribution in [1.29, 1.82) is 0 Å². The van der Waals surface area contributed by atoms with Crippen molar-refractivity contribution in [1.82, 2.24) is 10.2 Å². The first-order valence-corrected chi connectivity index (χ1v) is 6.32. The number of amides is 1. The highest BCUT2D eigenvalue weighted by molar-refractivity contribution is 5.80. The summed E-state index contributed by atoms with van der Waals surface area (Å²) in [6.07, 6.45) is -0.389. The lowest BCUT2D eigenvalue weighted by Crippen LogP contribution is -2.47. The fourth-order valence-corrected chi connectivity index (χ4v) is 1.73. The monoisotopic (exact) mass is 260 g/mol. The summed E-state index contributed by atoms with van der Waals surface area (Å²) in [5.41, 5.74) is 0. The molecule has 1 saturated heterocycles. The van der Waals surface area contributed by atoms with Crippen molar-refractivity contribution in [3.8, 4) is 0 Å². The summed E-state index contributed by atoms with van der Waals surface area (Å²) in [5.74, 6) is -0.108. The summed E-state index contributed by atoms with van der Waals surface area (Å²) in [7, 11) is 3.65. The first-order chi connectivity index (χ1) is 8.63. The number of carbonyl (C=O) groups is 1. The molecule has 6 nitrogen and oxygen atoms in total. The molecule has 2 unspecified atom stereocenters. The van der Waals surface area contributed by atoms with Gasteiger partial charge < -0.3 is 24.4 Å². The number of likely N-dealkylation sites (N-methyl/N-ethyl adjacent to an activating group) is 1. The average molecular weight is 260 g/mol. The molecule has 0 aromatic heterocycles. The van der Waals surface area contributed by atoms with Gasteiger partial charge in [-0.15, -0.1) is 0 Å². The Morgan fingerprint density at radius 3 is 3.00 bits per heavy atom. The second-order valence-corrected chi connectivity index (χ2v) is 4.51. The maximum atomic E-state index is 11.7. The zero-order chi connectivity index (χ0) is 13.4. The van der Waals surface area contributed by atoms with E-state index in [0.717, 1.165) is 19.7 Å². The zero-order valence-electron chi connectivity index (χ0n) is 11.5. The smallest absolute Gasteiger partial charge is 0.248 e. The van der Waals surface area contributed by atoms with E-state index in [-0.39, 0.29) is 12.0 Å². The van der Waals surface area contributed by atoms with Crippen molar-refractivity contribution in [3.63, 3.8) is 0 Å². The van der Waals surface area contributed by atoms with Gasteiger partial charge in [-0.05, 0) is 14.0 Å². The number of morpholine rings is 1. The predicted molar refractivity (Wildman–Crippen MR) is 67.5 cm³/mol. The van der Waals surface area contributed by atoms with Crippen molar-refractivity contribution in [2.45, 2.75) is 19.1 Å². The lowest BCUT2D eigenvalue weighted by molar-refractivity contribution is -0.133. The van der Waals surface area contributed by atoms with E-state index >= 15 is 0 Å². The topological polar surface area (TPSA) is 60.0 Å². The minimum Gasteiger partial charge on any atom is -0.382 e. The number of nitrogens with one attached hydrogen (secondary N) is 1. The molecule has 1 aliphatic heterocycles. The van der Waals surface area contributed by atoms with Crippen molar-refractivity contribution < 1.29 is 19.0 Å². The molecule has 0 bridgehead atoms. The number of carbonyl (C=O) groups excluding carboxylic acids is 1. The summed E-state index contributed by atoms with van der Waals surface area (Å²) in [6, 6.07) is 0. The standard InChI is InChI=1S/C12H24N2O4/c1-10(17-7-6-16-3)12(15)13-8-11-9-14(2)4-5-18-11/h10-11H,4-9H2,1-3H3,(H,13,15). The van der Waals surface area contributed by atoms with Crippen molar-refractivity contribution in [2.24, 2.45) is 0 Å². The fraction of sp³-hybridized carbons (Fsp3) is 0.917. The van der Waals surface area contributed by atoms with E-state index in [4.69, 9.17) is 14.2 Å². The highest BCUT2D eigenvalue weighted by Crippen LogP contribution is 2.01. The SMILES string of the molecule is COCCOC(C)C(=O)NCC1CN(C)CCO1.